The average Bonchev–Trinajstić information content (AvgIpc) is 3.07. The molecule has 0 saturated carbocycles. The number of hydrogen-bond acceptors (Lipinski definition) is 5. The Morgan fingerprint density at radius 2 is 2.07 bits per heavy atom. The minimum Gasteiger partial charge on any atom is -0.444 e. The fourth-order valence-corrected chi connectivity index (χ4v) is 3.68. The van der Waals surface area contributed by atoms with E-state index >= 15 is 0 Å². The molecule has 1 aromatic heterocycles. The number of rotatable bonds is 1. The van der Waals surface area contributed by atoms with E-state index in [9.17, 15) is 9.59 Å². The van der Waals surface area contributed by atoms with Crippen molar-refractivity contribution < 1.29 is 14.3 Å². The number of hydrogen-bond donors (Lipinski definition) is 2. The topological polar surface area (TPSA) is 88.0 Å². The van der Waals surface area contributed by atoms with Gasteiger partial charge in [-0.3, -0.25) is 10.1 Å². The van der Waals surface area contributed by atoms with Crippen LogP contribution in [0.15, 0.2) is 32.3 Å². The molecule has 0 saturated heterocycles. The molecule has 0 radical (unpaired) electrons. The summed E-state index contributed by atoms with van der Waals surface area (Å²) in [4.78, 5) is 31.2. The maximum absolute atomic E-state index is 13.1. The molecule has 1 aromatic rings. The number of nitrogens with one attached hydrogen (secondary N) is 2. The lowest BCUT2D eigenvalue weighted by Crippen LogP contribution is -2.55. The van der Waals surface area contributed by atoms with Crippen molar-refractivity contribution in [3.05, 3.63) is 33.0 Å². The van der Waals surface area contributed by atoms with Gasteiger partial charge in [-0.1, -0.05) is 12.2 Å². The molecular weight excluding hydrogens is 482 g/mol. The highest BCUT2D eigenvalue weighted by Crippen LogP contribution is 2.28. The van der Waals surface area contributed by atoms with Crippen molar-refractivity contribution in [1.29, 1.82) is 0 Å². The molecule has 0 aliphatic carbocycles. The molecular formula is C17H21Br2N5O3. The number of nitrogens with zero attached hydrogens (tertiary/aromatic N) is 3. The normalized spacial score (nSPS) is 21.4. The quantitative estimate of drug-likeness (QED) is 0.578. The number of amides is 2. The zero-order valence-corrected chi connectivity index (χ0v) is 18.6. The molecule has 0 bridgehead atoms. The van der Waals surface area contributed by atoms with Crippen molar-refractivity contribution in [1.82, 2.24) is 20.1 Å². The average molecular weight is 503 g/mol. The van der Waals surface area contributed by atoms with Crippen LogP contribution in [0.5, 0.6) is 0 Å². The second kappa shape index (κ2) is 7.31. The van der Waals surface area contributed by atoms with Crippen molar-refractivity contribution in [3.8, 4) is 0 Å². The number of alkyl carbamates (subject to hydrolysis) is 1. The second-order valence-corrected chi connectivity index (χ2v) is 8.90. The molecule has 146 valence electrons. The first kappa shape index (κ1) is 19.9. The van der Waals surface area contributed by atoms with Crippen LogP contribution in [0.1, 0.15) is 31.3 Å². The summed E-state index contributed by atoms with van der Waals surface area (Å²) in [6, 6.07) is 1.50. The Morgan fingerprint density at radius 3 is 2.67 bits per heavy atom. The van der Waals surface area contributed by atoms with Gasteiger partial charge < -0.3 is 19.5 Å². The van der Waals surface area contributed by atoms with Gasteiger partial charge >= 0.3 is 6.09 Å². The number of carbonyl (C=O) groups excluding carboxylic acids is 2. The van der Waals surface area contributed by atoms with Crippen LogP contribution >= 0.6 is 31.9 Å². The Labute approximate surface area is 174 Å². The summed E-state index contributed by atoms with van der Waals surface area (Å²) in [5.41, 5.74) is -0.0660. The first-order valence-electron chi connectivity index (χ1n) is 8.39. The van der Waals surface area contributed by atoms with Crippen LogP contribution in [0, 0.1) is 0 Å². The zero-order chi connectivity index (χ0) is 19.9. The van der Waals surface area contributed by atoms with Gasteiger partial charge in [-0.15, -0.1) is 0 Å². The van der Waals surface area contributed by atoms with E-state index in [0.29, 0.717) is 12.2 Å². The molecule has 3 heterocycles. The molecule has 3 rings (SSSR count). The number of carbonyl (C=O) groups is 2. The maximum atomic E-state index is 13.1. The van der Waals surface area contributed by atoms with E-state index < -0.39 is 11.7 Å². The smallest absolute Gasteiger partial charge is 0.414 e. The lowest BCUT2D eigenvalue weighted by atomic mass is 10.1. The second-order valence-electron chi connectivity index (χ2n) is 7.30. The summed E-state index contributed by atoms with van der Waals surface area (Å²) >= 11 is 6.86. The van der Waals surface area contributed by atoms with Crippen molar-refractivity contribution in [2.45, 2.75) is 38.6 Å². The van der Waals surface area contributed by atoms with Gasteiger partial charge in [-0.25, -0.2) is 9.79 Å². The van der Waals surface area contributed by atoms with Crippen LogP contribution in [-0.4, -0.2) is 51.8 Å². The Kier molecular flexibility index (Phi) is 5.40. The van der Waals surface area contributed by atoms with Gasteiger partial charge in [0.25, 0.3) is 5.91 Å². The van der Waals surface area contributed by atoms with E-state index in [1.807, 2.05) is 19.2 Å². The molecule has 2 amide bonds. The molecule has 0 fully saturated rings. The fourth-order valence-electron chi connectivity index (χ4n) is 2.89. The summed E-state index contributed by atoms with van der Waals surface area (Å²) in [6.45, 7) is 5.81. The Hall–Kier alpha value is -1.81. The molecule has 8 nitrogen and oxygen atoms in total. The standard InChI is InChI=1S/C17H21Br2N5O3/c1-17(2,3)27-16(26)22-15-20-10-6-5-7-24(13(10)21-15)14(25)11-8-9(18)12(19)23(11)4/h5-6,8,10,13H,7H2,1-4H3,(H2,20,21,22,26). The van der Waals surface area contributed by atoms with Crippen LogP contribution in [0.3, 0.4) is 0 Å². The van der Waals surface area contributed by atoms with Gasteiger partial charge in [0.2, 0.25) is 5.96 Å². The molecule has 10 heteroatoms. The first-order valence-corrected chi connectivity index (χ1v) is 9.98. The highest BCUT2D eigenvalue weighted by Gasteiger charge is 2.38. The molecule has 2 N–H and O–H groups in total. The van der Waals surface area contributed by atoms with Crippen LogP contribution in [0.2, 0.25) is 0 Å². The van der Waals surface area contributed by atoms with Crippen molar-refractivity contribution in [3.63, 3.8) is 0 Å². The van der Waals surface area contributed by atoms with Crippen molar-refractivity contribution in [2.75, 3.05) is 6.54 Å². The van der Waals surface area contributed by atoms with Gasteiger partial charge in [-0.2, -0.15) is 0 Å². The van der Waals surface area contributed by atoms with Gasteiger partial charge in [0.05, 0.1) is 9.08 Å². The van der Waals surface area contributed by atoms with Crippen LogP contribution in [0.4, 0.5) is 4.79 Å². The van der Waals surface area contributed by atoms with Crippen molar-refractivity contribution in [2.24, 2.45) is 12.0 Å². The van der Waals surface area contributed by atoms with Gasteiger partial charge in [-0.05, 0) is 58.7 Å². The minimum atomic E-state index is -0.606. The number of ether oxygens (including phenoxy) is 1. The maximum Gasteiger partial charge on any atom is 0.414 e. The predicted molar refractivity (Wildman–Crippen MR) is 109 cm³/mol. The lowest BCUT2D eigenvalue weighted by molar-refractivity contribution is 0.0561. The van der Waals surface area contributed by atoms with E-state index in [4.69, 9.17) is 4.74 Å². The third-order valence-electron chi connectivity index (χ3n) is 4.07. The Bertz CT molecular complexity index is 840. The summed E-state index contributed by atoms with van der Waals surface area (Å²) in [6.07, 6.45) is 2.85. The summed E-state index contributed by atoms with van der Waals surface area (Å²) in [5, 5.41) is 5.71. The number of aromatic nitrogens is 1. The summed E-state index contributed by atoms with van der Waals surface area (Å²) in [7, 11) is 1.81. The van der Waals surface area contributed by atoms with Crippen LogP contribution in [0.25, 0.3) is 0 Å². The van der Waals surface area contributed by atoms with E-state index in [1.54, 1.807) is 36.3 Å². The van der Waals surface area contributed by atoms with Crippen LogP contribution < -0.4 is 10.6 Å². The molecule has 2 aliphatic rings. The Balaban J connectivity index is 1.73. The number of halogens is 2. The molecule has 2 aliphatic heterocycles. The van der Waals surface area contributed by atoms with Gasteiger partial charge in [0.15, 0.2) is 0 Å². The van der Waals surface area contributed by atoms with E-state index in [2.05, 4.69) is 47.5 Å². The highest BCUT2D eigenvalue weighted by atomic mass is 79.9. The van der Waals surface area contributed by atoms with Crippen LogP contribution in [-0.2, 0) is 11.8 Å². The first-order chi connectivity index (χ1) is 12.6. The van der Waals surface area contributed by atoms with Gasteiger partial charge in [0.1, 0.15) is 23.5 Å². The van der Waals surface area contributed by atoms with E-state index in [0.717, 1.165) is 9.08 Å². The highest BCUT2D eigenvalue weighted by molar-refractivity contribution is 9.13. The number of guanidine groups is 1. The third-order valence-corrected chi connectivity index (χ3v) is 6.17. The number of fused-ring (bicyclic) bond motifs is 1. The zero-order valence-electron chi connectivity index (χ0n) is 15.4. The van der Waals surface area contributed by atoms with E-state index in [-0.39, 0.29) is 24.1 Å². The monoisotopic (exact) mass is 501 g/mol. The Morgan fingerprint density at radius 1 is 1.37 bits per heavy atom. The summed E-state index contributed by atoms with van der Waals surface area (Å²) < 4.78 is 8.61. The lowest BCUT2D eigenvalue weighted by Gasteiger charge is -2.33. The molecule has 0 spiro atoms. The molecule has 27 heavy (non-hydrogen) atoms. The SMILES string of the molecule is Cn1c(C(=O)N2CC=CC3N=C(NC(=O)OC(C)(C)C)NC32)cc(Br)c1Br. The van der Waals surface area contributed by atoms with E-state index in [1.165, 1.54) is 0 Å². The minimum absolute atomic E-state index is 0.135. The summed E-state index contributed by atoms with van der Waals surface area (Å²) in [5.74, 6) is 0.155. The molecule has 2 atom stereocenters. The third kappa shape index (κ3) is 4.21. The van der Waals surface area contributed by atoms with Gasteiger partial charge in [0, 0.05) is 13.6 Å². The molecule has 2 unspecified atom stereocenters. The number of aliphatic imine (C=N–C) groups is 1. The predicted octanol–water partition coefficient (Wildman–Crippen LogP) is 2.74. The molecule has 0 aromatic carbocycles. The van der Waals surface area contributed by atoms with Crippen molar-refractivity contribution >= 4 is 49.8 Å². The largest absolute Gasteiger partial charge is 0.444 e. The fraction of sp³-hybridized carbons (Fsp3) is 0.471.